The summed E-state index contributed by atoms with van der Waals surface area (Å²) in [6, 6.07) is 10.2. The highest BCUT2D eigenvalue weighted by Gasteiger charge is 2.33. The third kappa shape index (κ3) is 7.53. The van der Waals surface area contributed by atoms with Gasteiger partial charge in [-0.3, -0.25) is 9.59 Å². The van der Waals surface area contributed by atoms with Gasteiger partial charge in [0.05, 0.1) is 11.5 Å². The van der Waals surface area contributed by atoms with Crippen molar-refractivity contribution in [3.8, 4) is 0 Å². The number of pyridine rings is 1. The van der Waals surface area contributed by atoms with Crippen LogP contribution in [0.2, 0.25) is 0 Å². The van der Waals surface area contributed by atoms with Gasteiger partial charge in [0, 0.05) is 64.6 Å². The number of halogens is 3. The van der Waals surface area contributed by atoms with Crippen molar-refractivity contribution in [3.63, 3.8) is 0 Å². The van der Waals surface area contributed by atoms with Gasteiger partial charge < -0.3 is 19.6 Å². The first-order valence-corrected chi connectivity index (χ1v) is 14.2. The van der Waals surface area contributed by atoms with Gasteiger partial charge in [0.2, 0.25) is 11.8 Å². The summed E-state index contributed by atoms with van der Waals surface area (Å²) < 4.78 is 39.1. The zero-order valence-electron chi connectivity index (χ0n) is 23.7. The average molecular weight is 560 g/mol. The zero-order valence-corrected chi connectivity index (χ0v) is 23.7. The lowest BCUT2D eigenvalue weighted by molar-refractivity contribution is -0.138. The minimum atomic E-state index is -4.44. The maximum atomic E-state index is 14.0. The molecule has 40 heavy (non-hydrogen) atoms. The van der Waals surface area contributed by atoms with Crippen molar-refractivity contribution >= 4 is 23.3 Å². The standard InChI is InChI=1S/C30H40F3N5O2/c1-22(2)19-35-13-7-15-38(23(3)39)27-10-5-4-8-24(27)20-37(17-16-35)29(40)25-9-6-14-36(21-25)28-12-11-26(18-34-28)30(31,32)33/h4-5,8,10-12,18,22,25H,6-7,9,13-17,19-21H2,1-3H3. The van der Waals surface area contributed by atoms with Crippen LogP contribution in [0.1, 0.15) is 51.2 Å². The number of carbonyl (C=O) groups is 2. The van der Waals surface area contributed by atoms with Crippen molar-refractivity contribution in [2.75, 3.05) is 55.6 Å². The number of aromatic nitrogens is 1. The molecule has 7 nitrogen and oxygen atoms in total. The van der Waals surface area contributed by atoms with Crippen molar-refractivity contribution in [1.29, 1.82) is 0 Å². The minimum absolute atomic E-state index is 0.0213. The molecule has 4 rings (SSSR count). The van der Waals surface area contributed by atoms with Crippen LogP contribution in [0.25, 0.3) is 0 Å². The molecular formula is C30H40F3N5O2. The van der Waals surface area contributed by atoms with Crippen molar-refractivity contribution in [2.24, 2.45) is 11.8 Å². The van der Waals surface area contributed by atoms with E-state index in [1.807, 2.05) is 39.0 Å². The molecule has 218 valence electrons. The number of fused-ring (bicyclic) bond motifs is 1. The molecule has 0 saturated carbocycles. The number of rotatable bonds is 4. The monoisotopic (exact) mass is 559 g/mol. The summed E-state index contributed by atoms with van der Waals surface area (Å²) >= 11 is 0. The Labute approximate surface area is 234 Å². The lowest BCUT2D eigenvalue weighted by atomic mass is 9.96. The molecule has 0 bridgehead atoms. The Morgan fingerprint density at radius 2 is 1.77 bits per heavy atom. The van der Waals surface area contributed by atoms with Gasteiger partial charge in [-0.1, -0.05) is 32.0 Å². The molecule has 10 heteroatoms. The van der Waals surface area contributed by atoms with Crippen LogP contribution in [-0.4, -0.2) is 72.4 Å². The topological polar surface area (TPSA) is 60.0 Å². The van der Waals surface area contributed by atoms with E-state index in [0.717, 1.165) is 56.0 Å². The Morgan fingerprint density at radius 3 is 2.45 bits per heavy atom. The van der Waals surface area contributed by atoms with Gasteiger partial charge in [-0.25, -0.2) is 4.98 Å². The fourth-order valence-electron chi connectivity index (χ4n) is 5.74. The van der Waals surface area contributed by atoms with Crippen molar-refractivity contribution in [1.82, 2.24) is 14.8 Å². The molecule has 1 aromatic carbocycles. The molecule has 0 aliphatic carbocycles. The summed E-state index contributed by atoms with van der Waals surface area (Å²) in [5.74, 6) is 0.640. The van der Waals surface area contributed by atoms with Crippen LogP contribution >= 0.6 is 0 Å². The highest BCUT2D eigenvalue weighted by atomic mass is 19.4. The first-order valence-electron chi connectivity index (χ1n) is 14.2. The summed E-state index contributed by atoms with van der Waals surface area (Å²) in [5.41, 5.74) is 0.985. The minimum Gasteiger partial charge on any atom is -0.356 e. The van der Waals surface area contributed by atoms with Crippen LogP contribution in [0.3, 0.4) is 0 Å². The number of nitrogens with zero attached hydrogens (tertiary/aromatic N) is 5. The van der Waals surface area contributed by atoms with Crippen LogP contribution in [0.4, 0.5) is 24.7 Å². The second kappa shape index (κ2) is 13.0. The smallest absolute Gasteiger partial charge is 0.356 e. The van der Waals surface area contributed by atoms with E-state index in [2.05, 4.69) is 23.7 Å². The Bertz CT molecular complexity index is 1150. The summed E-state index contributed by atoms with van der Waals surface area (Å²) in [6.45, 7) is 11.0. The maximum absolute atomic E-state index is 14.0. The van der Waals surface area contributed by atoms with Crippen molar-refractivity contribution in [2.45, 2.75) is 52.8 Å². The molecule has 1 aromatic heterocycles. The quantitative estimate of drug-likeness (QED) is 0.524. The summed E-state index contributed by atoms with van der Waals surface area (Å²) in [7, 11) is 0. The molecule has 1 fully saturated rings. The third-order valence-electron chi connectivity index (χ3n) is 7.67. The molecule has 2 aliphatic heterocycles. The Hall–Kier alpha value is -3.14. The highest BCUT2D eigenvalue weighted by Crippen LogP contribution is 2.31. The molecule has 1 atom stereocenters. The van der Waals surface area contributed by atoms with Gasteiger partial charge in [-0.05, 0) is 55.5 Å². The largest absolute Gasteiger partial charge is 0.417 e. The fourth-order valence-corrected chi connectivity index (χ4v) is 5.74. The maximum Gasteiger partial charge on any atom is 0.417 e. The number of carbonyl (C=O) groups excluding carboxylic acids is 2. The van der Waals surface area contributed by atoms with E-state index in [0.29, 0.717) is 50.9 Å². The molecule has 0 spiro atoms. The number of anilines is 2. The van der Waals surface area contributed by atoms with E-state index in [4.69, 9.17) is 0 Å². The lowest BCUT2D eigenvalue weighted by Crippen LogP contribution is -2.47. The third-order valence-corrected chi connectivity index (χ3v) is 7.67. The SMILES string of the molecule is CC(=O)N1CCCN(CC(C)C)CCN(C(=O)C2CCCN(c3ccc(C(F)(F)F)cn3)C2)Cc2ccccc21. The number of para-hydroxylation sites is 1. The molecule has 2 aromatic rings. The van der Waals surface area contributed by atoms with E-state index < -0.39 is 11.7 Å². The molecule has 0 radical (unpaired) electrons. The summed E-state index contributed by atoms with van der Waals surface area (Å²) in [5, 5.41) is 0. The van der Waals surface area contributed by atoms with E-state index in [-0.39, 0.29) is 17.7 Å². The van der Waals surface area contributed by atoms with E-state index in [1.165, 1.54) is 6.07 Å². The number of benzene rings is 1. The van der Waals surface area contributed by atoms with Crippen LogP contribution in [0, 0.1) is 11.8 Å². The Balaban J connectivity index is 1.57. The van der Waals surface area contributed by atoms with E-state index in [9.17, 15) is 22.8 Å². The first kappa shape index (κ1) is 29.8. The molecule has 1 saturated heterocycles. The Kier molecular flexibility index (Phi) is 9.71. The van der Waals surface area contributed by atoms with E-state index >= 15 is 0 Å². The van der Waals surface area contributed by atoms with Crippen LogP contribution in [0.5, 0.6) is 0 Å². The van der Waals surface area contributed by atoms with Gasteiger partial charge in [0.1, 0.15) is 5.82 Å². The predicted molar refractivity (Wildman–Crippen MR) is 150 cm³/mol. The molecule has 2 aliphatic rings. The van der Waals surface area contributed by atoms with Crippen molar-refractivity contribution < 1.29 is 22.8 Å². The van der Waals surface area contributed by atoms with Gasteiger partial charge in [0.15, 0.2) is 0 Å². The van der Waals surface area contributed by atoms with Gasteiger partial charge in [-0.2, -0.15) is 13.2 Å². The van der Waals surface area contributed by atoms with Gasteiger partial charge >= 0.3 is 6.18 Å². The number of hydrogen-bond donors (Lipinski definition) is 0. The number of piperidine rings is 1. The second-order valence-corrected chi connectivity index (χ2v) is 11.3. The molecule has 3 heterocycles. The lowest BCUT2D eigenvalue weighted by Gasteiger charge is -2.36. The first-order chi connectivity index (χ1) is 19.0. The van der Waals surface area contributed by atoms with E-state index in [1.54, 1.807) is 6.92 Å². The fraction of sp³-hybridized carbons (Fsp3) is 0.567. The van der Waals surface area contributed by atoms with Gasteiger partial charge in [-0.15, -0.1) is 0 Å². The van der Waals surface area contributed by atoms with Gasteiger partial charge in [0.25, 0.3) is 0 Å². The van der Waals surface area contributed by atoms with Crippen LogP contribution in [-0.2, 0) is 22.3 Å². The average Bonchev–Trinajstić information content (AvgIpc) is 2.95. The molecule has 0 N–H and O–H groups in total. The highest BCUT2D eigenvalue weighted by molar-refractivity contribution is 5.92. The summed E-state index contributed by atoms with van der Waals surface area (Å²) in [4.78, 5) is 38.8. The van der Waals surface area contributed by atoms with Crippen LogP contribution in [0.15, 0.2) is 42.6 Å². The zero-order chi connectivity index (χ0) is 28.9. The number of alkyl halides is 3. The molecular weight excluding hydrogens is 519 g/mol. The molecule has 2 amide bonds. The number of amides is 2. The second-order valence-electron chi connectivity index (χ2n) is 11.3. The van der Waals surface area contributed by atoms with Crippen LogP contribution < -0.4 is 9.80 Å². The van der Waals surface area contributed by atoms with Crippen molar-refractivity contribution in [3.05, 3.63) is 53.7 Å². The number of hydrogen-bond acceptors (Lipinski definition) is 5. The summed E-state index contributed by atoms with van der Waals surface area (Å²) in [6.07, 6.45) is -1.28. The predicted octanol–water partition coefficient (Wildman–Crippen LogP) is 5.06. The molecule has 1 unspecified atom stereocenters. The Morgan fingerprint density at radius 1 is 1.00 bits per heavy atom. The normalized spacial score (nSPS) is 19.8.